The Hall–Kier alpha value is -0.610. The minimum atomic E-state index is -0.287. The van der Waals surface area contributed by atoms with Crippen LogP contribution in [-0.2, 0) is 9.53 Å². The van der Waals surface area contributed by atoms with E-state index in [4.69, 9.17) is 4.74 Å². The van der Waals surface area contributed by atoms with Gasteiger partial charge in [0.2, 0.25) is 0 Å². The van der Waals surface area contributed by atoms with Crippen LogP contribution in [0.5, 0.6) is 0 Å². The number of hydrogen-bond acceptors (Lipinski definition) is 3. The summed E-state index contributed by atoms with van der Waals surface area (Å²) >= 11 is 0. The highest BCUT2D eigenvalue weighted by molar-refractivity contribution is 5.80. The van der Waals surface area contributed by atoms with Crippen molar-refractivity contribution in [3.05, 3.63) is 0 Å². The number of nitrogens with zero attached hydrogens (tertiary/aromatic N) is 1. The number of likely N-dealkylation sites (tertiary alicyclic amines) is 1. The summed E-state index contributed by atoms with van der Waals surface area (Å²) in [6, 6.07) is 0. The highest BCUT2D eigenvalue weighted by Crippen LogP contribution is 2.17. The molecule has 1 rings (SSSR count). The van der Waals surface area contributed by atoms with Crippen LogP contribution >= 0.6 is 0 Å². The van der Waals surface area contributed by atoms with E-state index in [1.165, 1.54) is 6.42 Å². The number of rotatable bonds is 7. The first kappa shape index (κ1) is 15.4. The minimum Gasteiger partial charge on any atom is -0.369 e. The van der Waals surface area contributed by atoms with E-state index in [0.29, 0.717) is 12.5 Å². The fourth-order valence-electron chi connectivity index (χ4n) is 2.45. The number of carbonyl (C=O) groups is 1. The van der Waals surface area contributed by atoms with Gasteiger partial charge in [-0.2, -0.15) is 0 Å². The van der Waals surface area contributed by atoms with Crippen molar-refractivity contribution in [3.8, 4) is 0 Å². The Bertz CT molecular complexity index is 244. The summed E-state index contributed by atoms with van der Waals surface area (Å²) in [7, 11) is 1.97. The van der Waals surface area contributed by atoms with E-state index in [9.17, 15) is 4.79 Å². The van der Waals surface area contributed by atoms with Gasteiger partial charge in [-0.15, -0.1) is 0 Å². The quantitative estimate of drug-likeness (QED) is 0.704. The summed E-state index contributed by atoms with van der Waals surface area (Å²) in [5.74, 6) is 0.752. The second-order valence-corrected chi connectivity index (χ2v) is 5.22. The van der Waals surface area contributed by atoms with Gasteiger partial charge in [0.15, 0.2) is 0 Å². The number of nitrogens with one attached hydrogen (secondary N) is 1. The van der Waals surface area contributed by atoms with E-state index in [1.54, 1.807) is 0 Å². The molecule has 0 aromatic carbocycles. The molecule has 4 heteroatoms. The predicted molar refractivity (Wildman–Crippen MR) is 73.6 cm³/mol. The Morgan fingerprint density at radius 2 is 2.33 bits per heavy atom. The molecule has 1 saturated heterocycles. The molecular weight excluding hydrogens is 228 g/mol. The van der Waals surface area contributed by atoms with Crippen LogP contribution in [-0.4, -0.2) is 50.2 Å². The molecule has 0 aromatic heterocycles. The van der Waals surface area contributed by atoms with E-state index in [1.807, 2.05) is 18.9 Å². The third kappa shape index (κ3) is 4.94. The standard InChI is InChI=1S/C14H28N2O2/c1-4-5-9-18-12(2)14(17)16-8-6-7-13(11-16)10-15-3/h12-13,15H,4-11H2,1-3H3. The molecule has 0 bridgehead atoms. The molecule has 0 spiro atoms. The molecule has 2 atom stereocenters. The van der Waals surface area contributed by atoms with E-state index >= 15 is 0 Å². The fourth-order valence-corrected chi connectivity index (χ4v) is 2.45. The van der Waals surface area contributed by atoms with Crippen LogP contribution in [0, 0.1) is 5.92 Å². The molecule has 1 heterocycles. The van der Waals surface area contributed by atoms with Crippen LogP contribution in [0.2, 0.25) is 0 Å². The zero-order valence-electron chi connectivity index (χ0n) is 12.1. The van der Waals surface area contributed by atoms with Crippen LogP contribution in [0.4, 0.5) is 0 Å². The molecule has 1 aliphatic rings. The number of hydrogen-bond donors (Lipinski definition) is 1. The smallest absolute Gasteiger partial charge is 0.251 e. The van der Waals surface area contributed by atoms with Crippen molar-refractivity contribution in [1.29, 1.82) is 0 Å². The zero-order valence-corrected chi connectivity index (χ0v) is 12.1. The molecule has 1 N–H and O–H groups in total. The van der Waals surface area contributed by atoms with Gasteiger partial charge in [0.25, 0.3) is 5.91 Å². The van der Waals surface area contributed by atoms with E-state index < -0.39 is 0 Å². The summed E-state index contributed by atoms with van der Waals surface area (Å²) in [6.07, 6.45) is 4.18. The van der Waals surface area contributed by atoms with Crippen LogP contribution in [0.3, 0.4) is 0 Å². The number of carbonyl (C=O) groups excluding carboxylic acids is 1. The maximum Gasteiger partial charge on any atom is 0.251 e. The first-order chi connectivity index (χ1) is 8.69. The molecule has 2 unspecified atom stereocenters. The van der Waals surface area contributed by atoms with Crippen LogP contribution in [0.25, 0.3) is 0 Å². The van der Waals surface area contributed by atoms with E-state index in [0.717, 1.165) is 38.9 Å². The van der Waals surface area contributed by atoms with E-state index in [-0.39, 0.29) is 12.0 Å². The van der Waals surface area contributed by atoms with Crippen molar-refractivity contribution in [2.45, 2.75) is 45.6 Å². The Kier molecular flexibility index (Phi) is 7.28. The lowest BCUT2D eigenvalue weighted by atomic mass is 9.97. The second-order valence-electron chi connectivity index (χ2n) is 5.22. The van der Waals surface area contributed by atoms with Gasteiger partial charge in [-0.3, -0.25) is 4.79 Å². The first-order valence-electron chi connectivity index (χ1n) is 7.24. The average Bonchev–Trinajstić information content (AvgIpc) is 2.39. The van der Waals surface area contributed by atoms with Gasteiger partial charge in [0, 0.05) is 19.7 Å². The van der Waals surface area contributed by atoms with Crippen molar-refractivity contribution in [1.82, 2.24) is 10.2 Å². The minimum absolute atomic E-state index is 0.159. The number of amides is 1. The van der Waals surface area contributed by atoms with E-state index in [2.05, 4.69) is 12.2 Å². The summed E-state index contributed by atoms with van der Waals surface area (Å²) in [5.41, 5.74) is 0. The van der Waals surface area contributed by atoms with Gasteiger partial charge in [0.05, 0.1) is 0 Å². The summed E-state index contributed by atoms with van der Waals surface area (Å²) in [5, 5.41) is 3.20. The lowest BCUT2D eigenvalue weighted by Gasteiger charge is -2.34. The predicted octanol–water partition coefficient (Wildman–Crippen LogP) is 1.65. The molecule has 4 nitrogen and oxygen atoms in total. The molecule has 1 fully saturated rings. The maximum atomic E-state index is 12.2. The molecule has 18 heavy (non-hydrogen) atoms. The van der Waals surface area contributed by atoms with Crippen molar-refractivity contribution in [3.63, 3.8) is 0 Å². The molecule has 106 valence electrons. The van der Waals surface area contributed by atoms with Crippen molar-refractivity contribution >= 4 is 5.91 Å². The number of ether oxygens (including phenoxy) is 1. The van der Waals surface area contributed by atoms with Crippen molar-refractivity contribution in [2.24, 2.45) is 5.92 Å². The Labute approximate surface area is 111 Å². The zero-order chi connectivity index (χ0) is 13.4. The topological polar surface area (TPSA) is 41.6 Å². The molecular formula is C14H28N2O2. The lowest BCUT2D eigenvalue weighted by molar-refractivity contribution is -0.144. The molecule has 0 aromatic rings. The van der Waals surface area contributed by atoms with Gasteiger partial charge in [-0.25, -0.2) is 0 Å². The third-order valence-electron chi connectivity index (χ3n) is 3.54. The number of unbranched alkanes of at least 4 members (excludes halogenated alkanes) is 1. The van der Waals surface area contributed by atoms with Crippen LogP contribution in [0.15, 0.2) is 0 Å². The average molecular weight is 256 g/mol. The number of piperidine rings is 1. The Morgan fingerprint density at radius 1 is 1.56 bits per heavy atom. The van der Waals surface area contributed by atoms with Gasteiger partial charge in [0.1, 0.15) is 6.10 Å². The summed E-state index contributed by atoms with van der Waals surface area (Å²) in [6.45, 7) is 7.45. The third-order valence-corrected chi connectivity index (χ3v) is 3.54. The first-order valence-corrected chi connectivity index (χ1v) is 7.24. The van der Waals surface area contributed by atoms with Gasteiger partial charge < -0.3 is 15.0 Å². The van der Waals surface area contributed by atoms with Gasteiger partial charge in [-0.05, 0) is 45.7 Å². The molecule has 1 amide bonds. The molecule has 0 radical (unpaired) electrons. The summed E-state index contributed by atoms with van der Waals surface area (Å²) < 4.78 is 5.59. The second kappa shape index (κ2) is 8.48. The lowest BCUT2D eigenvalue weighted by Crippen LogP contribution is -2.46. The highest BCUT2D eigenvalue weighted by Gasteiger charge is 2.26. The normalized spacial score (nSPS) is 21.9. The molecule has 0 saturated carbocycles. The van der Waals surface area contributed by atoms with Crippen LogP contribution < -0.4 is 5.32 Å². The monoisotopic (exact) mass is 256 g/mol. The van der Waals surface area contributed by atoms with Gasteiger partial charge in [-0.1, -0.05) is 13.3 Å². The summed E-state index contributed by atoms with van der Waals surface area (Å²) in [4.78, 5) is 14.2. The van der Waals surface area contributed by atoms with Crippen LogP contribution in [0.1, 0.15) is 39.5 Å². The van der Waals surface area contributed by atoms with Crippen molar-refractivity contribution < 1.29 is 9.53 Å². The molecule has 1 aliphatic heterocycles. The molecule has 0 aliphatic carbocycles. The maximum absolute atomic E-state index is 12.2. The fraction of sp³-hybridized carbons (Fsp3) is 0.929. The SMILES string of the molecule is CCCCOC(C)C(=O)N1CCCC(CNC)C1. The Morgan fingerprint density at radius 3 is 3.00 bits per heavy atom. The Balaban J connectivity index is 2.35. The highest BCUT2D eigenvalue weighted by atomic mass is 16.5. The van der Waals surface area contributed by atoms with Gasteiger partial charge >= 0.3 is 0 Å². The largest absolute Gasteiger partial charge is 0.369 e. The van der Waals surface area contributed by atoms with Crippen molar-refractivity contribution in [2.75, 3.05) is 33.3 Å².